The predicted octanol–water partition coefficient (Wildman–Crippen LogP) is 3.46. The molecule has 2 amide bonds. The number of likely N-dealkylation sites (tertiary alicyclic amines) is 2. The van der Waals surface area contributed by atoms with Gasteiger partial charge in [0.1, 0.15) is 11.6 Å². The second kappa shape index (κ2) is 10.5. The van der Waals surface area contributed by atoms with Crippen LogP contribution in [0.25, 0.3) is 6.08 Å². The van der Waals surface area contributed by atoms with E-state index in [9.17, 15) is 14.0 Å². The summed E-state index contributed by atoms with van der Waals surface area (Å²) in [5.41, 5.74) is 3.58. The molecule has 1 aromatic carbocycles. The van der Waals surface area contributed by atoms with Gasteiger partial charge >= 0.3 is 6.09 Å². The molecule has 0 radical (unpaired) electrons. The number of hydrazine groups is 1. The van der Waals surface area contributed by atoms with Crippen molar-refractivity contribution >= 4 is 35.0 Å². The molecule has 0 saturated carbocycles. The Balaban J connectivity index is 1.26. The van der Waals surface area contributed by atoms with E-state index in [1.54, 1.807) is 11.0 Å². The van der Waals surface area contributed by atoms with Gasteiger partial charge in [-0.15, -0.1) is 0 Å². The van der Waals surface area contributed by atoms with Crippen LogP contribution in [0.3, 0.4) is 0 Å². The quantitative estimate of drug-likeness (QED) is 0.655. The minimum absolute atomic E-state index is 0.235. The molecular formula is C24H30FN5O3S. The first-order valence-corrected chi connectivity index (χ1v) is 12.9. The van der Waals surface area contributed by atoms with Crippen molar-refractivity contribution in [1.82, 2.24) is 20.2 Å². The number of benzene rings is 1. The summed E-state index contributed by atoms with van der Waals surface area (Å²) in [5, 5.41) is 2.47. The molecule has 182 valence electrons. The van der Waals surface area contributed by atoms with Gasteiger partial charge in [-0.05, 0) is 81.2 Å². The standard InChI is InChI=1S/C24H30FN5O3S/c25-18-6-7-20(33-24(32)29-13-8-19(16-29)28-10-3-1-4-11-28)17(14-18)15-21-22(31)27-23(34-21)30-12-5-2-9-26-30/h6-7,14-15,19,26H,1-5,8-13,16H2. The van der Waals surface area contributed by atoms with Crippen molar-refractivity contribution in [2.45, 2.75) is 44.6 Å². The summed E-state index contributed by atoms with van der Waals surface area (Å²) >= 11 is 1.24. The van der Waals surface area contributed by atoms with E-state index in [1.807, 2.05) is 5.01 Å². The number of piperidine rings is 1. The van der Waals surface area contributed by atoms with Gasteiger partial charge in [-0.2, -0.15) is 4.99 Å². The molecule has 4 aliphatic heterocycles. The fourth-order valence-electron chi connectivity index (χ4n) is 4.88. The number of halogens is 1. The van der Waals surface area contributed by atoms with E-state index in [-0.39, 0.29) is 11.7 Å². The first-order chi connectivity index (χ1) is 16.6. The van der Waals surface area contributed by atoms with Crippen LogP contribution < -0.4 is 10.2 Å². The molecule has 0 aromatic heterocycles. The minimum Gasteiger partial charge on any atom is -0.410 e. The largest absolute Gasteiger partial charge is 0.415 e. The lowest BCUT2D eigenvalue weighted by Crippen LogP contribution is -2.45. The Morgan fingerprint density at radius 1 is 1.15 bits per heavy atom. The number of carbonyl (C=O) groups excluding carboxylic acids is 2. The van der Waals surface area contributed by atoms with Gasteiger partial charge in [-0.25, -0.2) is 14.6 Å². The Kier molecular flexibility index (Phi) is 7.17. The van der Waals surface area contributed by atoms with E-state index in [4.69, 9.17) is 4.74 Å². The molecule has 1 atom stereocenters. The summed E-state index contributed by atoms with van der Waals surface area (Å²) in [6.45, 7) is 5.09. The molecule has 3 saturated heterocycles. The van der Waals surface area contributed by atoms with Crippen molar-refractivity contribution in [2.75, 3.05) is 39.3 Å². The van der Waals surface area contributed by atoms with Crippen LogP contribution in [0.1, 0.15) is 44.1 Å². The number of amides is 2. The van der Waals surface area contributed by atoms with Crippen LogP contribution in [-0.4, -0.2) is 77.3 Å². The Morgan fingerprint density at radius 3 is 2.76 bits per heavy atom. The summed E-state index contributed by atoms with van der Waals surface area (Å²) in [5.74, 6) is -0.608. The smallest absolute Gasteiger partial charge is 0.410 e. The van der Waals surface area contributed by atoms with Crippen molar-refractivity contribution in [1.29, 1.82) is 0 Å². The van der Waals surface area contributed by atoms with Crippen molar-refractivity contribution in [2.24, 2.45) is 4.99 Å². The highest BCUT2D eigenvalue weighted by atomic mass is 32.2. The summed E-state index contributed by atoms with van der Waals surface area (Å²) in [6, 6.07) is 4.35. The molecule has 1 N–H and O–H groups in total. The highest BCUT2D eigenvalue weighted by molar-refractivity contribution is 8.18. The molecule has 5 rings (SSSR count). The number of nitrogens with zero attached hydrogens (tertiary/aromatic N) is 4. The highest BCUT2D eigenvalue weighted by Crippen LogP contribution is 2.33. The lowest BCUT2D eigenvalue weighted by Gasteiger charge is -2.32. The van der Waals surface area contributed by atoms with E-state index in [0.29, 0.717) is 34.8 Å². The van der Waals surface area contributed by atoms with Crippen LogP contribution >= 0.6 is 11.8 Å². The van der Waals surface area contributed by atoms with Crippen molar-refractivity contribution in [3.8, 4) is 5.75 Å². The topological polar surface area (TPSA) is 77.5 Å². The van der Waals surface area contributed by atoms with Gasteiger partial charge in [0.2, 0.25) is 0 Å². The second-order valence-electron chi connectivity index (χ2n) is 9.11. The average Bonchev–Trinajstić information content (AvgIpc) is 3.50. The minimum atomic E-state index is -0.465. The van der Waals surface area contributed by atoms with Gasteiger partial charge in [0.25, 0.3) is 5.91 Å². The van der Waals surface area contributed by atoms with Gasteiger partial charge in [0.15, 0.2) is 5.17 Å². The van der Waals surface area contributed by atoms with Crippen LogP contribution in [0.15, 0.2) is 28.1 Å². The maximum Gasteiger partial charge on any atom is 0.415 e. The van der Waals surface area contributed by atoms with E-state index >= 15 is 0 Å². The third kappa shape index (κ3) is 5.29. The first kappa shape index (κ1) is 23.3. The maximum atomic E-state index is 14.1. The van der Waals surface area contributed by atoms with Gasteiger partial charge < -0.3 is 9.64 Å². The molecule has 34 heavy (non-hydrogen) atoms. The number of nitrogens with one attached hydrogen (secondary N) is 1. The van der Waals surface area contributed by atoms with E-state index in [0.717, 1.165) is 45.4 Å². The van der Waals surface area contributed by atoms with Gasteiger partial charge in [-0.3, -0.25) is 14.7 Å². The Hall–Kier alpha value is -2.43. The molecule has 0 bridgehead atoms. The Bertz CT molecular complexity index is 1000. The zero-order valence-electron chi connectivity index (χ0n) is 19.2. The number of amidine groups is 1. The lowest BCUT2D eigenvalue weighted by molar-refractivity contribution is -0.113. The van der Waals surface area contributed by atoms with Crippen LogP contribution in [0, 0.1) is 5.82 Å². The van der Waals surface area contributed by atoms with E-state index in [1.165, 1.54) is 49.2 Å². The fraction of sp³-hybridized carbons (Fsp3) is 0.542. The monoisotopic (exact) mass is 487 g/mol. The van der Waals surface area contributed by atoms with Crippen LogP contribution in [0.5, 0.6) is 5.75 Å². The molecule has 0 aliphatic carbocycles. The van der Waals surface area contributed by atoms with E-state index < -0.39 is 11.9 Å². The Morgan fingerprint density at radius 2 is 1.97 bits per heavy atom. The summed E-state index contributed by atoms with van der Waals surface area (Å²) in [4.78, 5) is 34.1. The molecule has 0 spiro atoms. The number of aliphatic imine (C=N–C) groups is 1. The first-order valence-electron chi connectivity index (χ1n) is 12.1. The molecule has 3 fully saturated rings. The number of thioether (sulfide) groups is 1. The van der Waals surface area contributed by atoms with Gasteiger partial charge in [0, 0.05) is 37.8 Å². The molecular weight excluding hydrogens is 457 g/mol. The molecule has 1 unspecified atom stereocenters. The molecule has 8 nitrogen and oxygen atoms in total. The van der Waals surface area contributed by atoms with Crippen LogP contribution in [0.4, 0.5) is 9.18 Å². The van der Waals surface area contributed by atoms with Crippen molar-refractivity contribution in [3.63, 3.8) is 0 Å². The van der Waals surface area contributed by atoms with Crippen molar-refractivity contribution < 1.29 is 18.7 Å². The molecule has 1 aromatic rings. The third-order valence-corrected chi connectivity index (χ3v) is 7.74. The highest BCUT2D eigenvalue weighted by Gasteiger charge is 2.32. The molecule has 4 heterocycles. The second-order valence-corrected chi connectivity index (χ2v) is 10.1. The predicted molar refractivity (Wildman–Crippen MR) is 130 cm³/mol. The molecule has 10 heteroatoms. The maximum absolute atomic E-state index is 14.1. The van der Waals surface area contributed by atoms with E-state index in [2.05, 4.69) is 15.3 Å². The fourth-order valence-corrected chi connectivity index (χ4v) is 5.79. The summed E-state index contributed by atoms with van der Waals surface area (Å²) in [6.07, 6.45) is 7.86. The van der Waals surface area contributed by atoms with Gasteiger partial charge in [-0.1, -0.05) is 6.42 Å². The number of hydrogen-bond donors (Lipinski definition) is 1. The normalized spacial score (nSPS) is 25.2. The molecule has 4 aliphatic rings. The van der Waals surface area contributed by atoms with Crippen LogP contribution in [-0.2, 0) is 4.79 Å². The van der Waals surface area contributed by atoms with Crippen LogP contribution in [0.2, 0.25) is 0 Å². The summed E-state index contributed by atoms with van der Waals surface area (Å²) < 4.78 is 19.7. The zero-order chi connectivity index (χ0) is 23.5. The Labute approximate surface area is 203 Å². The number of rotatable bonds is 3. The SMILES string of the molecule is O=C1N=C(N2CCCCN2)SC1=Cc1cc(F)ccc1OC(=O)N1CCC(N2CCCCC2)C1. The van der Waals surface area contributed by atoms with Gasteiger partial charge in [0.05, 0.1) is 4.91 Å². The number of hydrogen-bond acceptors (Lipinski definition) is 7. The number of carbonyl (C=O) groups is 2. The lowest BCUT2D eigenvalue weighted by atomic mass is 10.1. The average molecular weight is 488 g/mol. The van der Waals surface area contributed by atoms with Crippen molar-refractivity contribution in [3.05, 3.63) is 34.5 Å². The number of ether oxygens (including phenoxy) is 1. The third-order valence-electron chi connectivity index (χ3n) is 6.74. The zero-order valence-corrected chi connectivity index (χ0v) is 20.0. The summed E-state index contributed by atoms with van der Waals surface area (Å²) in [7, 11) is 0.